The van der Waals surface area contributed by atoms with E-state index < -0.39 is 0 Å². The normalized spacial score (nSPS) is 12.0. The molecule has 0 fully saturated rings. The molecule has 2 heteroatoms. The van der Waals surface area contributed by atoms with Gasteiger partial charge in [-0.05, 0) is 46.1 Å². The highest BCUT2D eigenvalue weighted by Gasteiger charge is 2.23. The van der Waals surface area contributed by atoms with Gasteiger partial charge in [0, 0.05) is 12.4 Å². The lowest BCUT2D eigenvalue weighted by atomic mass is 9.78. The van der Waals surface area contributed by atoms with E-state index >= 15 is 0 Å². The molecule has 2 aromatic rings. The number of benzene rings is 1. The van der Waals surface area contributed by atoms with Crippen molar-refractivity contribution in [1.29, 1.82) is 5.26 Å². The van der Waals surface area contributed by atoms with Crippen LogP contribution in [0.3, 0.4) is 0 Å². The molecule has 114 valence electrons. The van der Waals surface area contributed by atoms with Gasteiger partial charge < -0.3 is 0 Å². The molecule has 0 unspecified atom stereocenters. The molecule has 2 rings (SSSR count). The van der Waals surface area contributed by atoms with Gasteiger partial charge in [-0.15, -0.1) is 0 Å². The number of aromatic nitrogens is 1. The molecule has 0 spiro atoms. The SMILES string of the molecule is CC(C)(C)c1cncc(CC(C)(C)c2cccc(C#N)c2)c1. The Morgan fingerprint density at radius 1 is 1.00 bits per heavy atom. The van der Waals surface area contributed by atoms with E-state index in [1.54, 1.807) is 0 Å². The summed E-state index contributed by atoms with van der Waals surface area (Å²) in [5.74, 6) is 0. The Balaban J connectivity index is 2.30. The van der Waals surface area contributed by atoms with Crippen molar-refractivity contribution in [3.8, 4) is 6.07 Å². The molecule has 0 aliphatic carbocycles. The first-order valence-electron chi connectivity index (χ1n) is 7.67. The third-order valence-electron chi connectivity index (χ3n) is 4.08. The Morgan fingerprint density at radius 2 is 1.73 bits per heavy atom. The van der Waals surface area contributed by atoms with Crippen molar-refractivity contribution in [1.82, 2.24) is 4.98 Å². The van der Waals surface area contributed by atoms with Gasteiger partial charge in [-0.2, -0.15) is 5.26 Å². The van der Waals surface area contributed by atoms with Gasteiger partial charge in [-0.3, -0.25) is 4.98 Å². The van der Waals surface area contributed by atoms with Gasteiger partial charge in [-0.25, -0.2) is 0 Å². The van der Waals surface area contributed by atoms with Crippen LogP contribution in [0.1, 0.15) is 56.9 Å². The zero-order chi connectivity index (χ0) is 16.4. The second-order valence-corrected chi connectivity index (χ2v) is 7.59. The summed E-state index contributed by atoms with van der Waals surface area (Å²) in [6.07, 6.45) is 4.80. The fourth-order valence-electron chi connectivity index (χ4n) is 2.62. The summed E-state index contributed by atoms with van der Waals surface area (Å²) in [4.78, 5) is 4.41. The molecule has 0 aliphatic heterocycles. The van der Waals surface area contributed by atoms with Crippen LogP contribution in [0, 0.1) is 11.3 Å². The van der Waals surface area contributed by atoms with Gasteiger partial charge in [0.2, 0.25) is 0 Å². The van der Waals surface area contributed by atoms with Crippen molar-refractivity contribution in [3.05, 3.63) is 65.0 Å². The molecule has 1 aromatic heterocycles. The maximum atomic E-state index is 9.08. The van der Waals surface area contributed by atoms with Crippen LogP contribution in [-0.4, -0.2) is 4.98 Å². The lowest BCUT2D eigenvalue weighted by Gasteiger charge is -2.26. The third kappa shape index (κ3) is 3.74. The zero-order valence-corrected chi connectivity index (χ0v) is 14.1. The lowest BCUT2D eigenvalue weighted by Crippen LogP contribution is -2.21. The quantitative estimate of drug-likeness (QED) is 0.817. The van der Waals surface area contributed by atoms with Crippen LogP contribution < -0.4 is 0 Å². The fourth-order valence-corrected chi connectivity index (χ4v) is 2.62. The predicted octanol–water partition coefficient (Wildman–Crippen LogP) is 4.77. The molecule has 2 nitrogen and oxygen atoms in total. The average Bonchev–Trinajstić information content (AvgIpc) is 2.46. The van der Waals surface area contributed by atoms with Gasteiger partial charge in [-0.1, -0.05) is 52.8 Å². The van der Waals surface area contributed by atoms with Crippen LogP contribution in [0.15, 0.2) is 42.7 Å². The van der Waals surface area contributed by atoms with E-state index in [1.165, 1.54) is 16.7 Å². The number of pyridine rings is 1. The highest BCUT2D eigenvalue weighted by atomic mass is 14.6. The van der Waals surface area contributed by atoms with Gasteiger partial charge in [0.25, 0.3) is 0 Å². The summed E-state index contributed by atoms with van der Waals surface area (Å²) in [5.41, 5.74) is 4.46. The van der Waals surface area contributed by atoms with Crippen LogP contribution >= 0.6 is 0 Å². The maximum Gasteiger partial charge on any atom is 0.0991 e. The molecule has 0 bridgehead atoms. The summed E-state index contributed by atoms with van der Waals surface area (Å²) >= 11 is 0. The Bertz CT molecular complexity index is 700. The maximum absolute atomic E-state index is 9.08. The number of nitriles is 1. The summed E-state index contributed by atoms with van der Waals surface area (Å²) < 4.78 is 0. The van der Waals surface area contributed by atoms with Crippen molar-refractivity contribution in [3.63, 3.8) is 0 Å². The van der Waals surface area contributed by atoms with Gasteiger partial charge in [0.15, 0.2) is 0 Å². The number of rotatable bonds is 3. The number of hydrogen-bond donors (Lipinski definition) is 0. The van der Waals surface area contributed by atoms with Gasteiger partial charge in [0.1, 0.15) is 0 Å². The summed E-state index contributed by atoms with van der Waals surface area (Å²) in [6.45, 7) is 11.0. The molecule has 1 aromatic carbocycles. The van der Waals surface area contributed by atoms with Crippen LogP contribution in [0.5, 0.6) is 0 Å². The number of nitrogens with zero attached hydrogens (tertiary/aromatic N) is 2. The Hall–Kier alpha value is -2.14. The molecular formula is C20H24N2. The first kappa shape index (κ1) is 16.2. The van der Waals surface area contributed by atoms with Crippen molar-refractivity contribution in [2.24, 2.45) is 0 Å². The monoisotopic (exact) mass is 292 g/mol. The van der Waals surface area contributed by atoms with Crippen LogP contribution in [0.2, 0.25) is 0 Å². The molecule has 0 saturated carbocycles. The van der Waals surface area contributed by atoms with E-state index in [4.69, 9.17) is 5.26 Å². The first-order chi connectivity index (χ1) is 10.2. The van der Waals surface area contributed by atoms with E-state index in [-0.39, 0.29) is 10.8 Å². The minimum atomic E-state index is -0.0367. The minimum Gasteiger partial charge on any atom is -0.264 e. The Labute approximate surface area is 133 Å². The third-order valence-corrected chi connectivity index (χ3v) is 4.08. The molecule has 22 heavy (non-hydrogen) atoms. The van der Waals surface area contributed by atoms with E-state index in [0.717, 1.165) is 6.42 Å². The van der Waals surface area contributed by atoms with Crippen LogP contribution in [0.4, 0.5) is 0 Å². The molecule has 0 radical (unpaired) electrons. The van der Waals surface area contributed by atoms with E-state index in [0.29, 0.717) is 5.56 Å². The van der Waals surface area contributed by atoms with Crippen molar-refractivity contribution in [2.45, 2.75) is 51.9 Å². The van der Waals surface area contributed by atoms with Gasteiger partial charge >= 0.3 is 0 Å². The number of hydrogen-bond acceptors (Lipinski definition) is 2. The summed E-state index contributed by atoms with van der Waals surface area (Å²) in [7, 11) is 0. The van der Waals surface area contributed by atoms with E-state index in [2.05, 4.69) is 57.8 Å². The Kier molecular flexibility index (Phi) is 4.37. The molecule has 0 saturated heterocycles. The lowest BCUT2D eigenvalue weighted by molar-refractivity contribution is 0.518. The molecule has 0 amide bonds. The second-order valence-electron chi connectivity index (χ2n) is 7.59. The van der Waals surface area contributed by atoms with Crippen molar-refractivity contribution in [2.75, 3.05) is 0 Å². The van der Waals surface area contributed by atoms with Crippen molar-refractivity contribution >= 4 is 0 Å². The average molecular weight is 292 g/mol. The standard InChI is InChI=1S/C20H24N2/c1-19(2,3)18-10-16(13-22-14-18)11-20(4,5)17-8-6-7-15(9-17)12-21/h6-10,13-14H,11H2,1-5H3. The largest absolute Gasteiger partial charge is 0.264 e. The Morgan fingerprint density at radius 3 is 2.36 bits per heavy atom. The first-order valence-corrected chi connectivity index (χ1v) is 7.67. The highest BCUT2D eigenvalue weighted by molar-refractivity contribution is 5.37. The highest BCUT2D eigenvalue weighted by Crippen LogP contribution is 2.29. The molecule has 1 heterocycles. The molecule has 0 aliphatic rings. The van der Waals surface area contributed by atoms with Gasteiger partial charge in [0.05, 0.1) is 11.6 Å². The predicted molar refractivity (Wildman–Crippen MR) is 90.8 cm³/mol. The van der Waals surface area contributed by atoms with Crippen molar-refractivity contribution < 1.29 is 0 Å². The molecular weight excluding hydrogens is 268 g/mol. The van der Waals surface area contributed by atoms with E-state index in [1.807, 2.05) is 30.6 Å². The summed E-state index contributed by atoms with van der Waals surface area (Å²) in [5, 5.41) is 9.08. The summed E-state index contributed by atoms with van der Waals surface area (Å²) in [6, 6.07) is 12.4. The molecule has 0 atom stereocenters. The van der Waals surface area contributed by atoms with E-state index in [9.17, 15) is 0 Å². The topological polar surface area (TPSA) is 36.7 Å². The fraction of sp³-hybridized carbons (Fsp3) is 0.400. The molecule has 0 N–H and O–H groups in total. The van der Waals surface area contributed by atoms with Crippen LogP contribution in [0.25, 0.3) is 0 Å². The van der Waals surface area contributed by atoms with Crippen LogP contribution in [-0.2, 0) is 17.3 Å². The minimum absolute atomic E-state index is 0.0367. The second kappa shape index (κ2) is 5.93. The smallest absolute Gasteiger partial charge is 0.0991 e. The zero-order valence-electron chi connectivity index (χ0n) is 14.1.